The summed E-state index contributed by atoms with van der Waals surface area (Å²) in [6.45, 7) is 0. The number of carbonyl (C=O) groups excluding carboxylic acids is 1. The van der Waals surface area contributed by atoms with E-state index in [2.05, 4.69) is 0 Å². The molecular weight excluding hydrogens is 222 g/mol. The molecule has 0 aliphatic rings. The minimum atomic E-state index is 0.589. The largest absolute Gasteiger partial charge is 0.456 e. The van der Waals surface area contributed by atoms with E-state index in [-0.39, 0.29) is 0 Å². The van der Waals surface area contributed by atoms with Crippen LogP contribution < -0.4 is 4.74 Å². The lowest BCUT2D eigenvalue weighted by Gasteiger charge is -2.01. The van der Waals surface area contributed by atoms with Crippen molar-refractivity contribution in [3.63, 3.8) is 0 Å². The zero-order valence-electron chi connectivity index (χ0n) is 8.21. The number of aldehydes is 1. The van der Waals surface area contributed by atoms with Gasteiger partial charge >= 0.3 is 0 Å². The van der Waals surface area contributed by atoms with E-state index >= 15 is 0 Å². The zero-order valence-corrected chi connectivity index (χ0v) is 9.03. The third kappa shape index (κ3) is 2.27. The Morgan fingerprint density at radius 2 is 2.00 bits per heavy atom. The zero-order chi connectivity index (χ0) is 11.4. The highest BCUT2D eigenvalue weighted by Gasteiger charge is 2.01. The molecule has 0 unspecified atom stereocenters. The summed E-state index contributed by atoms with van der Waals surface area (Å²) in [5.41, 5.74) is 0.589. The molecule has 1 aromatic heterocycles. The summed E-state index contributed by atoms with van der Waals surface area (Å²) < 4.78 is 5.50. The lowest BCUT2D eigenvalue weighted by atomic mass is 10.2. The molecule has 78 valence electrons. The smallest absolute Gasteiger partial charge is 0.160 e. The van der Waals surface area contributed by atoms with Crippen LogP contribution in [0.4, 0.5) is 0 Å². The first-order valence-electron chi connectivity index (χ1n) is 4.53. The van der Waals surface area contributed by atoms with Crippen molar-refractivity contribution in [1.29, 1.82) is 5.26 Å². The SMILES string of the molecule is N#Cc1ccc(Oc2csc(C=O)c2)cc1. The topological polar surface area (TPSA) is 50.1 Å². The lowest BCUT2D eigenvalue weighted by Crippen LogP contribution is -1.82. The van der Waals surface area contributed by atoms with Gasteiger partial charge < -0.3 is 4.74 Å². The minimum absolute atomic E-state index is 0.589. The molecular formula is C12H7NO2S. The van der Waals surface area contributed by atoms with E-state index in [1.165, 1.54) is 11.3 Å². The van der Waals surface area contributed by atoms with Crippen LogP contribution in [0.15, 0.2) is 35.7 Å². The van der Waals surface area contributed by atoms with Gasteiger partial charge in [-0.05, 0) is 24.3 Å². The predicted octanol–water partition coefficient (Wildman–Crippen LogP) is 3.22. The molecule has 3 nitrogen and oxygen atoms in total. The number of rotatable bonds is 3. The van der Waals surface area contributed by atoms with Crippen LogP contribution in [0.1, 0.15) is 15.2 Å². The van der Waals surface area contributed by atoms with Crippen LogP contribution in [-0.2, 0) is 0 Å². The Morgan fingerprint density at radius 1 is 1.25 bits per heavy atom. The first-order valence-corrected chi connectivity index (χ1v) is 5.41. The summed E-state index contributed by atoms with van der Waals surface area (Å²) in [5, 5.41) is 10.4. The summed E-state index contributed by atoms with van der Waals surface area (Å²) in [4.78, 5) is 11.1. The van der Waals surface area contributed by atoms with Gasteiger partial charge in [-0.3, -0.25) is 4.79 Å². The van der Waals surface area contributed by atoms with Crippen LogP contribution in [0, 0.1) is 11.3 Å². The maximum Gasteiger partial charge on any atom is 0.160 e. The van der Waals surface area contributed by atoms with Gasteiger partial charge in [0.25, 0.3) is 0 Å². The average Bonchev–Trinajstić information content (AvgIpc) is 2.78. The second-order valence-corrected chi connectivity index (χ2v) is 3.98. The monoisotopic (exact) mass is 229 g/mol. The molecule has 2 rings (SSSR count). The fourth-order valence-corrected chi connectivity index (χ4v) is 1.79. The number of ether oxygens (including phenoxy) is 1. The van der Waals surface area contributed by atoms with E-state index < -0.39 is 0 Å². The van der Waals surface area contributed by atoms with E-state index in [1.807, 2.05) is 6.07 Å². The molecule has 0 atom stereocenters. The third-order valence-corrected chi connectivity index (χ3v) is 2.77. The Hall–Kier alpha value is -2.12. The molecule has 0 bridgehead atoms. The quantitative estimate of drug-likeness (QED) is 0.759. The number of hydrogen-bond donors (Lipinski definition) is 0. The van der Waals surface area contributed by atoms with Crippen molar-refractivity contribution in [2.45, 2.75) is 0 Å². The fraction of sp³-hybridized carbons (Fsp3) is 0. The van der Waals surface area contributed by atoms with Crippen molar-refractivity contribution in [2.75, 3.05) is 0 Å². The van der Waals surface area contributed by atoms with Gasteiger partial charge in [-0.15, -0.1) is 11.3 Å². The first kappa shape index (κ1) is 10.4. The Labute approximate surface area is 96.5 Å². The van der Waals surface area contributed by atoms with Gasteiger partial charge in [-0.2, -0.15) is 5.26 Å². The van der Waals surface area contributed by atoms with Gasteiger partial charge in [0.05, 0.1) is 16.5 Å². The Morgan fingerprint density at radius 3 is 2.56 bits per heavy atom. The molecule has 1 heterocycles. The molecule has 2 aromatic rings. The summed E-state index contributed by atoms with van der Waals surface area (Å²) in [6, 6.07) is 10.5. The lowest BCUT2D eigenvalue weighted by molar-refractivity contribution is 0.112. The molecule has 0 N–H and O–H groups in total. The highest BCUT2D eigenvalue weighted by molar-refractivity contribution is 7.11. The van der Waals surface area contributed by atoms with E-state index in [0.29, 0.717) is 21.9 Å². The molecule has 16 heavy (non-hydrogen) atoms. The summed E-state index contributed by atoms with van der Waals surface area (Å²) >= 11 is 1.33. The fourth-order valence-electron chi connectivity index (χ4n) is 1.18. The van der Waals surface area contributed by atoms with Crippen molar-refractivity contribution in [2.24, 2.45) is 0 Å². The van der Waals surface area contributed by atoms with E-state index in [1.54, 1.807) is 35.7 Å². The molecule has 0 saturated heterocycles. The Kier molecular flexibility index (Phi) is 2.99. The molecule has 0 saturated carbocycles. The van der Waals surface area contributed by atoms with Crippen molar-refractivity contribution >= 4 is 17.6 Å². The molecule has 0 amide bonds. The van der Waals surface area contributed by atoms with Crippen molar-refractivity contribution in [3.8, 4) is 17.6 Å². The van der Waals surface area contributed by atoms with Crippen LogP contribution in [0.3, 0.4) is 0 Å². The van der Waals surface area contributed by atoms with E-state index in [9.17, 15) is 4.79 Å². The maximum atomic E-state index is 10.5. The standard InChI is InChI=1S/C12H7NO2S/c13-6-9-1-3-10(4-2-9)15-11-5-12(7-14)16-8-11/h1-5,7-8H. The van der Waals surface area contributed by atoms with Gasteiger partial charge in [0, 0.05) is 11.4 Å². The van der Waals surface area contributed by atoms with Crippen LogP contribution >= 0.6 is 11.3 Å². The van der Waals surface area contributed by atoms with Gasteiger partial charge in [-0.25, -0.2) is 0 Å². The predicted molar refractivity (Wildman–Crippen MR) is 60.9 cm³/mol. The highest BCUT2D eigenvalue weighted by atomic mass is 32.1. The van der Waals surface area contributed by atoms with E-state index in [4.69, 9.17) is 10.00 Å². The molecule has 0 aliphatic carbocycles. The number of carbonyl (C=O) groups is 1. The molecule has 0 spiro atoms. The maximum absolute atomic E-state index is 10.5. The minimum Gasteiger partial charge on any atom is -0.456 e. The Balaban J connectivity index is 2.14. The van der Waals surface area contributed by atoms with Crippen molar-refractivity contribution < 1.29 is 9.53 Å². The second-order valence-electron chi connectivity index (χ2n) is 3.04. The van der Waals surface area contributed by atoms with E-state index in [0.717, 1.165) is 6.29 Å². The van der Waals surface area contributed by atoms with Gasteiger partial charge in [0.2, 0.25) is 0 Å². The van der Waals surface area contributed by atoms with Crippen molar-refractivity contribution in [3.05, 3.63) is 46.2 Å². The average molecular weight is 229 g/mol. The van der Waals surface area contributed by atoms with Crippen molar-refractivity contribution in [1.82, 2.24) is 0 Å². The van der Waals surface area contributed by atoms with Crippen LogP contribution in [0.25, 0.3) is 0 Å². The summed E-state index contributed by atoms with van der Waals surface area (Å²) in [6.07, 6.45) is 0.788. The first-order chi connectivity index (χ1) is 7.81. The molecule has 1 aromatic carbocycles. The highest BCUT2D eigenvalue weighted by Crippen LogP contribution is 2.26. The number of hydrogen-bond acceptors (Lipinski definition) is 4. The summed E-state index contributed by atoms with van der Waals surface area (Å²) in [5.74, 6) is 1.28. The molecule has 4 heteroatoms. The Bertz CT molecular complexity index is 537. The van der Waals surface area contributed by atoms with Gasteiger partial charge in [-0.1, -0.05) is 0 Å². The normalized spacial score (nSPS) is 9.44. The van der Waals surface area contributed by atoms with Crippen LogP contribution in [0.2, 0.25) is 0 Å². The molecule has 0 fully saturated rings. The second kappa shape index (κ2) is 4.60. The number of nitriles is 1. The molecule has 0 radical (unpaired) electrons. The summed E-state index contributed by atoms with van der Waals surface area (Å²) in [7, 11) is 0. The van der Waals surface area contributed by atoms with Gasteiger partial charge in [0.15, 0.2) is 6.29 Å². The van der Waals surface area contributed by atoms with Gasteiger partial charge in [0.1, 0.15) is 11.5 Å². The third-order valence-electron chi connectivity index (χ3n) is 1.93. The van der Waals surface area contributed by atoms with Crippen LogP contribution in [-0.4, -0.2) is 6.29 Å². The number of thiophene rings is 1. The number of nitrogens with zero attached hydrogens (tertiary/aromatic N) is 1. The number of benzene rings is 1. The molecule has 0 aliphatic heterocycles. The van der Waals surface area contributed by atoms with Crippen LogP contribution in [0.5, 0.6) is 11.5 Å².